The van der Waals surface area contributed by atoms with Gasteiger partial charge in [-0.05, 0) is 61.2 Å². The van der Waals surface area contributed by atoms with Crippen LogP contribution in [0.1, 0.15) is 12.8 Å². The molecule has 2 aromatic heterocycles. The molecule has 2 aromatic carbocycles. The number of ether oxygens (including phenoxy) is 2. The molecule has 0 bridgehead atoms. The first kappa shape index (κ1) is 29.5. The molecule has 1 fully saturated rings. The number of nitrogens with zero attached hydrogens (tertiary/aromatic N) is 3. The van der Waals surface area contributed by atoms with Crippen molar-refractivity contribution in [3.8, 4) is 11.6 Å². The van der Waals surface area contributed by atoms with Gasteiger partial charge in [0.05, 0.1) is 12.1 Å². The van der Waals surface area contributed by atoms with Crippen LogP contribution in [0.3, 0.4) is 0 Å². The molecule has 1 unspecified atom stereocenters. The number of phosphoric acid groups is 1. The van der Waals surface area contributed by atoms with E-state index in [0.29, 0.717) is 17.9 Å². The van der Waals surface area contributed by atoms with Crippen molar-refractivity contribution in [1.29, 1.82) is 0 Å². The third kappa shape index (κ3) is 8.03. The summed E-state index contributed by atoms with van der Waals surface area (Å²) >= 11 is 1.80. The fourth-order valence-electron chi connectivity index (χ4n) is 4.50. The van der Waals surface area contributed by atoms with E-state index in [1.165, 1.54) is 15.8 Å². The van der Waals surface area contributed by atoms with Gasteiger partial charge in [-0.3, -0.25) is 14.0 Å². The van der Waals surface area contributed by atoms with Gasteiger partial charge in [-0.25, -0.2) is 4.98 Å². The van der Waals surface area contributed by atoms with Crippen LogP contribution in [0.4, 0.5) is 5.69 Å². The van der Waals surface area contributed by atoms with Crippen LogP contribution >= 0.6 is 19.2 Å². The molecule has 5 rings (SSSR count). The zero-order valence-electron chi connectivity index (χ0n) is 21.0. The molecule has 0 saturated carbocycles. The van der Waals surface area contributed by atoms with Gasteiger partial charge in [-0.2, -0.15) is 0 Å². The van der Waals surface area contributed by atoms with E-state index in [1.807, 2.05) is 18.2 Å². The van der Waals surface area contributed by atoms with Gasteiger partial charge in [-0.15, -0.1) is 11.3 Å². The van der Waals surface area contributed by atoms with Crippen LogP contribution in [0.2, 0.25) is 0 Å². The van der Waals surface area contributed by atoms with Crippen molar-refractivity contribution in [2.75, 3.05) is 51.0 Å². The predicted molar refractivity (Wildman–Crippen MR) is 149 cm³/mol. The maximum atomic E-state index is 10.7. The zero-order valence-corrected chi connectivity index (χ0v) is 24.9. The quantitative estimate of drug-likeness (QED) is 0.122. The van der Waals surface area contributed by atoms with Gasteiger partial charge in [0.25, 0.3) is 7.82 Å². The van der Waals surface area contributed by atoms with Crippen molar-refractivity contribution < 1.29 is 28.3 Å². The molecule has 0 radical (unpaired) electrons. The first-order chi connectivity index (χ1) is 17.9. The summed E-state index contributed by atoms with van der Waals surface area (Å²) in [5.74, 6) is 0.897. The van der Waals surface area contributed by atoms with Gasteiger partial charge in [0.2, 0.25) is 5.88 Å². The van der Waals surface area contributed by atoms with E-state index in [2.05, 4.69) is 49.0 Å². The number of pyridine rings is 1. The second-order valence-corrected chi connectivity index (χ2v) is 11.0. The Morgan fingerprint density at radius 3 is 2.66 bits per heavy atom. The number of phosphoric ester groups is 1. The molecule has 3 heterocycles. The monoisotopic (exact) mass is 582 g/mol. The standard InChI is InChI=1S/C26H30N3O6PS.Ca/c30-36(31,32)35-19-34-26-9-7-20-6-8-21(18-23(20)27-26)33-16-2-1-11-28-12-14-29(15-13-28)24-4-3-5-25-22(24)10-17-37-25;/h3-10,17-18H,1-2,11-16,19H2,(H2,30,31,32);/q;+2/p-1. The fourth-order valence-corrected chi connectivity index (χ4v) is 5.49. The largest absolute Gasteiger partial charge is 2.00 e. The summed E-state index contributed by atoms with van der Waals surface area (Å²) in [6.07, 6.45) is 2.02. The summed E-state index contributed by atoms with van der Waals surface area (Å²) in [6.45, 7) is 5.26. The number of hydrogen-bond acceptors (Lipinski definition) is 9. The van der Waals surface area contributed by atoms with E-state index >= 15 is 0 Å². The topological polar surface area (TPSA) is 107 Å². The van der Waals surface area contributed by atoms with Crippen LogP contribution < -0.4 is 19.3 Å². The van der Waals surface area contributed by atoms with Gasteiger partial charge in [0, 0.05) is 59.5 Å². The Morgan fingerprint density at radius 1 is 1.03 bits per heavy atom. The van der Waals surface area contributed by atoms with E-state index in [-0.39, 0.29) is 43.6 Å². The van der Waals surface area contributed by atoms with Crippen LogP contribution in [-0.4, -0.2) is 98.6 Å². The third-order valence-corrected chi connectivity index (χ3v) is 7.70. The molecule has 38 heavy (non-hydrogen) atoms. The number of rotatable bonds is 11. The van der Waals surface area contributed by atoms with Crippen molar-refractivity contribution in [3.05, 3.63) is 60.0 Å². The smallest absolute Gasteiger partial charge is 0.756 e. The van der Waals surface area contributed by atoms with Crippen LogP contribution in [0.25, 0.3) is 21.0 Å². The van der Waals surface area contributed by atoms with Crippen molar-refractivity contribution in [2.45, 2.75) is 12.8 Å². The molecule has 1 atom stereocenters. The Bertz CT molecular complexity index is 1390. The molecule has 196 valence electrons. The molecule has 12 heteroatoms. The summed E-state index contributed by atoms with van der Waals surface area (Å²) < 4.78 is 27.3. The van der Waals surface area contributed by atoms with Crippen LogP contribution in [0.5, 0.6) is 11.6 Å². The molecule has 4 aromatic rings. The van der Waals surface area contributed by atoms with Crippen LogP contribution in [0.15, 0.2) is 60.0 Å². The SMILES string of the molecule is O=P([O-])(O)OCOc1ccc2ccc(OCCCCN3CCN(c4cccc5sccc45)CC3)cc2n1.[Ca+2]. The number of unbranched alkanes of at least 4 members (excludes halogenated alkanes) is 1. The first-order valence-corrected chi connectivity index (χ1v) is 14.6. The van der Waals surface area contributed by atoms with Crippen molar-refractivity contribution in [2.24, 2.45) is 0 Å². The summed E-state index contributed by atoms with van der Waals surface area (Å²) in [6, 6.07) is 17.8. The number of hydrogen-bond donors (Lipinski definition) is 1. The molecule has 1 N–H and O–H groups in total. The Labute approximate surface area is 255 Å². The van der Waals surface area contributed by atoms with E-state index in [4.69, 9.17) is 14.4 Å². The minimum Gasteiger partial charge on any atom is -0.756 e. The average molecular weight is 583 g/mol. The Morgan fingerprint density at radius 2 is 1.84 bits per heavy atom. The normalized spacial score (nSPS) is 15.8. The number of thiophene rings is 1. The van der Waals surface area contributed by atoms with Gasteiger partial charge in [0.1, 0.15) is 5.75 Å². The van der Waals surface area contributed by atoms with Crippen LogP contribution in [0, 0.1) is 0 Å². The number of anilines is 1. The molecular weight excluding hydrogens is 553 g/mol. The Balaban J connectivity index is 0.00000336. The molecule has 0 amide bonds. The number of aromatic nitrogens is 1. The van der Waals surface area contributed by atoms with Crippen LogP contribution in [-0.2, 0) is 9.09 Å². The number of fused-ring (bicyclic) bond motifs is 2. The summed E-state index contributed by atoms with van der Waals surface area (Å²) in [7, 11) is -4.84. The second kappa shape index (κ2) is 13.7. The molecule has 1 aliphatic rings. The van der Waals surface area contributed by atoms with Gasteiger partial charge < -0.3 is 24.2 Å². The maximum Gasteiger partial charge on any atom is 2.00 e. The average Bonchev–Trinajstić information content (AvgIpc) is 3.37. The second-order valence-electron chi connectivity index (χ2n) is 8.86. The molecule has 0 spiro atoms. The predicted octanol–water partition coefficient (Wildman–Crippen LogP) is 3.86. The maximum absolute atomic E-state index is 10.7. The van der Waals surface area contributed by atoms with Gasteiger partial charge >= 0.3 is 37.7 Å². The first-order valence-electron chi connectivity index (χ1n) is 12.2. The number of benzene rings is 2. The zero-order chi connectivity index (χ0) is 25.7. The molecular formula is C26H29CaN3O6PS+. The summed E-state index contributed by atoms with van der Waals surface area (Å²) in [4.78, 5) is 28.6. The fraction of sp³-hybridized carbons (Fsp3) is 0.346. The Hall–Kier alpha value is -1.46. The molecule has 0 aliphatic carbocycles. The number of piperazine rings is 1. The minimum atomic E-state index is -4.84. The minimum absolute atomic E-state index is 0. The molecule has 1 saturated heterocycles. The van der Waals surface area contributed by atoms with Crippen molar-refractivity contribution in [1.82, 2.24) is 9.88 Å². The molecule has 9 nitrogen and oxygen atoms in total. The van der Waals surface area contributed by atoms with E-state index in [1.54, 1.807) is 23.5 Å². The van der Waals surface area contributed by atoms with Crippen molar-refractivity contribution in [3.63, 3.8) is 0 Å². The van der Waals surface area contributed by atoms with E-state index < -0.39 is 14.6 Å². The summed E-state index contributed by atoms with van der Waals surface area (Å²) in [5, 5.41) is 4.42. The van der Waals surface area contributed by atoms with Gasteiger partial charge in [0.15, 0.2) is 6.79 Å². The van der Waals surface area contributed by atoms with Gasteiger partial charge in [-0.1, -0.05) is 6.07 Å². The van der Waals surface area contributed by atoms with Crippen molar-refractivity contribution >= 4 is 83.6 Å². The Kier molecular flexibility index (Phi) is 10.7. The van der Waals surface area contributed by atoms with E-state index in [0.717, 1.165) is 51.0 Å². The third-order valence-electron chi connectivity index (χ3n) is 6.38. The molecule has 1 aliphatic heterocycles. The van der Waals surface area contributed by atoms with E-state index in [9.17, 15) is 9.46 Å². The summed E-state index contributed by atoms with van der Waals surface area (Å²) in [5.41, 5.74) is 2.00.